The molecule has 0 aliphatic rings. The lowest BCUT2D eigenvalue weighted by Gasteiger charge is -2.08. The number of nitrogens with zero attached hydrogens (tertiary/aromatic N) is 3. The maximum absolute atomic E-state index is 14.7. The minimum absolute atomic E-state index is 0.161. The van der Waals surface area contributed by atoms with Crippen LogP contribution in [0, 0.1) is 11.6 Å². The molecule has 0 bridgehead atoms. The molecule has 0 aliphatic heterocycles. The average molecular weight is 387 g/mol. The van der Waals surface area contributed by atoms with E-state index in [-0.39, 0.29) is 5.69 Å². The molecule has 4 nitrogen and oxygen atoms in total. The summed E-state index contributed by atoms with van der Waals surface area (Å²) >= 11 is 0. The van der Waals surface area contributed by atoms with Crippen molar-refractivity contribution in [1.29, 1.82) is 0 Å². The Morgan fingerprint density at radius 2 is 1.72 bits per heavy atom. The Labute approximate surface area is 165 Å². The maximum atomic E-state index is 14.7. The first-order valence-corrected chi connectivity index (χ1v) is 9.02. The van der Waals surface area contributed by atoms with E-state index in [1.807, 2.05) is 48.5 Å². The second-order valence-corrected chi connectivity index (χ2v) is 6.63. The van der Waals surface area contributed by atoms with E-state index in [9.17, 15) is 8.78 Å². The first-order chi connectivity index (χ1) is 14.2. The van der Waals surface area contributed by atoms with Crippen molar-refractivity contribution in [3.05, 3.63) is 84.6 Å². The molecule has 0 unspecified atom stereocenters. The molecule has 0 saturated carbocycles. The highest BCUT2D eigenvalue weighted by molar-refractivity contribution is 6.09. The van der Waals surface area contributed by atoms with E-state index in [0.717, 1.165) is 27.9 Å². The zero-order chi connectivity index (χ0) is 20.0. The molecule has 0 aliphatic carbocycles. The van der Waals surface area contributed by atoms with E-state index in [0.29, 0.717) is 17.0 Å². The summed E-state index contributed by atoms with van der Waals surface area (Å²) in [5.74, 6) is -0.679. The number of fused-ring (bicyclic) bond motifs is 3. The van der Waals surface area contributed by atoms with E-state index in [2.05, 4.69) is 4.98 Å². The summed E-state index contributed by atoms with van der Waals surface area (Å²) in [6.45, 7) is 0. The van der Waals surface area contributed by atoms with Crippen LogP contribution in [0.5, 0.6) is 5.75 Å². The van der Waals surface area contributed by atoms with E-state index in [4.69, 9.17) is 9.84 Å². The van der Waals surface area contributed by atoms with Gasteiger partial charge in [0.25, 0.3) is 0 Å². The topological polar surface area (TPSA) is 39.9 Å². The fourth-order valence-electron chi connectivity index (χ4n) is 3.53. The monoisotopic (exact) mass is 387 g/mol. The molecule has 142 valence electrons. The van der Waals surface area contributed by atoms with Gasteiger partial charge in [0.1, 0.15) is 22.9 Å². The summed E-state index contributed by atoms with van der Waals surface area (Å²) in [4.78, 5) is 4.55. The highest BCUT2D eigenvalue weighted by Crippen LogP contribution is 2.35. The Morgan fingerprint density at radius 1 is 0.897 bits per heavy atom. The third-order valence-corrected chi connectivity index (χ3v) is 4.90. The summed E-state index contributed by atoms with van der Waals surface area (Å²) < 4.78 is 35.1. The van der Waals surface area contributed by atoms with Gasteiger partial charge in [-0.1, -0.05) is 30.3 Å². The molecule has 29 heavy (non-hydrogen) atoms. The van der Waals surface area contributed by atoms with Gasteiger partial charge in [0, 0.05) is 28.6 Å². The Balaban J connectivity index is 1.93. The van der Waals surface area contributed by atoms with Crippen molar-refractivity contribution in [2.24, 2.45) is 0 Å². The molecule has 0 N–H and O–H groups in total. The quantitative estimate of drug-likeness (QED) is 0.409. The van der Waals surface area contributed by atoms with Crippen LogP contribution in [0.3, 0.4) is 0 Å². The molecular weight excluding hydrogens is 372 g/mol. The lowest BCUT2D eigenvalue weighted by atomic mass is 10.1. The number of ether oxygens (including phenoxy) is 1. The van der Waals surface area contributed by atoms with Gasteiger partial charge in [0.05, 0.1) is 18.1 Å². The molecule has 0 amide bonds. The van der Waals surface area contributed by atoms with Gasteiger partial charge >= 0.3 is 0 Å². The van der Waals surface area contributed by atoms with Gasteiger partial charge in [0.2, 0.25) is 0 Å². The largest absolute Gasteiger partial charge is 0.497 e. The number of hydrogen-bond donors (Lipinski definition) is 0. The number of hydrogen-bond acceptors (Lipinski definition) is 3. The van der Waals surface area contributed by atoms with Gasteiger partial charge in [0.15, 0.2) is 5.82 Å². The van der Waals surface area contributed by atoms with E-state index in [1.54, 1.807) is 13.3 Å². The summed E-state index contributed by atoms with van der Waals surface area (Å²) in [5, 5.41) is 6.23. The molecule has 3 aromatic carbocycles. The summed E-state index contributed by atoms with van der Waals surface area (Å²) in [5.41, 5.74) is 3.11. The second kappa shape index (κ2) is 6.67. The van der Waals surface area contributed by atoms with Crippen LogP contribution < -0.4 is 4.74 Å². The van der Waals surface area contributed by atoms with Gasteiger partial charge in [-0.05, 0) is 30.3 Å². The minimum Gasteiger partial charge on any atom is -0.497 e. The molecule has 0 radical (unpaired) electrons. The summed E-state index contributed by atoms with van der Waals surface area (Å²) in [7, 11) is 1.58. The molecule has 0 fully saturated rings. The fraction of sp³-hybridized carbons (Fsp3) is 0.0435. The van der Waals surface area contributed by atoms with Crippen molar-refractivity contribution in [1.82, 2.24) is 14.8 Å². The Morgan fingerprint density at radius 3 is 2.48 bits per heavy atom. The molecule has 5 aromatic rings. The molecule has 0 spiro atoms. The molecule has 2 aromatic heterocycles. The smallest absolute Gasteiger partial charge is 0.151 e. The van der Waals surface area contributed by atoms with Crippen LogP contribution in [0.25, 0.3) is 38.8 Å². The highest BCUT2D eigenvalue weighted by Gasteiger charge is 2.19. The molecule has 2 heterocycles. The number of methoxy groups -OCH3 is 1. The van der Waals surface area contributed by atoms with Crippen LogP contribution in [-0.4, -0.2) is 21.9 Å². The van der Waals surface area contributed by atoms with Crippen molar-refractivity contribution in [2.75, 3.05) is 7.11 Å². The van der Waals surface area contributed by atoms with Crippen LogP contribution in [0.2, 0.25) is 0 Å². The molecular formula is C23H15F2N3O. The van der Waals surface area contributed by atoms with Gasteiger partial charge < -0.3 is 4.74 Å². The van der Waals surface area contributed by atoms with E-state index in [1.165, 1.54) is 16.8 Å². The second-order valence-electron chi connectivity index (χ2n) is 6.63. The highest BCUT2D eigenvalue weighted by atomic mass is 19.1. The van der Waals surface area contributed by atoms with Crippen molar-refractivity contribution in [2.45, 2.75) is 0 Å². The number of pyridine rings is 1. The van der Waals surface area contributed by atoms with E-state index >= 15 is 0 Å². The first kappa shape index (κ1) is 17.3. The Bertz CT molecular complexity index is 1360. The first-order valence-electron chi connectivity index (χ1n) is 9.02. The van der Waals surface area contributed by atoms with Gasteiger partial charge in [-0.15, -0.1) is 0 Å². The van der Waals surface area contributed by atoms with Crippen molar-refractivity contribution in [3.8, 4) is 22.7 Å². The van der Waals surface area contributed by atoms with Crippen LogP contribution >= 0.6 is 0 Å². The summed E-state index contributed by atoms with van der Waals surface area (Å²) in [6.07, 6.45) is 1.73. The van der Waals surface area contributed by atoms with Crippen LogP contribution in [0.1, 0.15) is 0 Å². The fourth-order valence-corrected chi connectivity index (χ4v) is 3.53. The normalized spacial score (nSPS) is 11.3. The lowest BCUT2D eigenvalue weighted by Crippen LogP contribution is -2.01. The van der Waals surface area contributed by atoms with Crippen molar-refractivity contribution in [3.63, 3.8) is 0 Å². The average Bonchev–Trinajstić information content (AvgIpc) is 3.14. The van der Waals surface area contributed by atoms with Crippen molar-refractivity contribution < 1.29 is 13.5 Å². The molecule has 5 rings (SSSR count). The Hall–Kier alpha value is -3.80. The minimum atomic E-state index is -0.693. The standard InChI is InChI=1S/C23H15F2N3O/c1-29-16-8-9-20-17(12-16)23-18(13-26-20)22(14-5-3-2-4-6-14)27-28(23)21-10-7-15(24)11-19(21)25/h2-13H,1H3. The number of benzene rings is 3. The van der Waals surface area contributed by atoms with E-state index < -0.39 is 11.6 Å². The predicted molar refractivity (Wildman–Crippen MR) is 108 cm³/mol. The van der Waals surface area contributed by atoms with Crippen LogP contribution in [0.15, 0.2) is 72.9 Å². The molecule has 0 saturated heterocycles. The molecule has 0 atom stereocenters. The number of halogens is 2. The maximum Gasteiger partial charge on any atom is 0.151 e. The Kier molecular flexibility index (Phi) is 3.98. The van der Waals surface area contributed by atoms with Crippen molar-refractivity contribution >= 4 is 21.8 Å². The van der Waals surface area contributed by atoms with Gasteiger partial charge in [-0.3, -0.25) is 4.98 Å². The SMILES string of the molecule is COc1ccc2ncc3c(-c4ccccc4)nn(-c4ccc(F)cc4F)c3c2c1. The number of aromatic nitrogens is 3. The summed E-state index contributed by atoms with van der Waals surface area (Å²) in [6, 6.07) is 18.6. The predicted octanol–water partition coefficient (Wildman–Crippen LogP) is 5.53. The van der Waals surface area contributed by atoms with Gasteiger partial charge in [-0.25, -0.2) is 13.5 Å². The lowest BCUT2D eigenvalue weighted by molar-refractivity contribution is 0.415. The molecule has 6 heteroatoms. The number of rotatable bonds is 3. The zero-order valence-electron chi connectivity index (χ0n) is 15.4. The third kappa shape index (κ3) is 2.81. The third-order valence-electron chi connectivity index (χ3n) is 4.90. The van der Waals surface area contributed by atoms with Crippen LogP contribution in [-0.2, 0) is 0 Å². The zero-order valence-corrected chi connectivity index (χ0v) is 15.4. The van der Waals surface area contributed by atoms with Crippen LogP contribution in [0.4, 0.5) is 8.78 Å². The van der Waals surface area contributed by atoms with Gasteiger partial charge in [-0.2, -0.15) is 5.10 Å².